The Labute approximate surface area is 182 Å². The van der Waals surface area contributed by atoms with Gasteiger partial charge in [0.05, 0.1) is 17.5 Å². The van der Waals surface area contributed by atoms with Crippen molar-refractivity contribution < 1.29 is 14.4 Å². The van der Waals surface area contributed by atoms with Gasteiger partial charge in [-0.2, -0.15) is 0 Å². The molecule has 3 fully saturated rings. The number of hydrogen-bond acceptors (Lipinski definition) is 4. The van der Waals surface area contributed by atoms with Crippen molar-refractivity contribution in [3.63, 3.8) is 0 Å². The van der Waals surface area contributed by atoms with Gasteiger partial charge in [-0.25, -0.2) is 4.90 Å². The van der Waals surface area contributed by atoms with Crippen molar-refractivity contribution in [2.24, 2.45) is 11.8 Å². The predicted octanol–water partition coefficient (Wildman–Crippen LogP) is 3.19. The Bertz CT molecular complexity index is 1130. The monoisotopic (exact) mass is 465 g/mol. The van der Waals surface area contributed by atoms with Crippen LogP contribution in [-0.2, 0) is 19.9 Å². The molecule has 4 aliphatic heterocycles. The van der Waals surface area contributed by atoms with Crippen LogP contribution in [0.3, 0.4) is 0 Å². The summed E-state index contributed by atoms with van der Waals surface area (Å²) < 4.78 is 0.850. The molecule has 0 saturated carbocycles. The molecule has 152 valence electrons. The highest BCUT2D eigenvalue weighted by Gasteiger charge is 2.74. The third-order valence-corrected chi connectivity index (χ3v) is 7.74. The number of benzene rings is 2. The van der Waals surface area contributed by atoms with Crippen LogP contribution >= 0.6 is 15.9 Å². The number of imide groups is 1. The van der Waals surface area contributed by atoms with Gasteiger partial charge < -0.3 is 5.32 Å². The second-order valence-electron chi connectivity index (χ2n) is 8.66. The lowest BCUT2D eigenvalue weighted by molar-refractivity contribution is -0.135. The molecule has 3 amide bonds. The smallest absolute Gasteiger partial charge is 0.250 e. The van der Waals surface area contributed by atoms with E-state index in [2.05, 4.69) is 26.1 Å². The molecule has 3 saturated heterocycles. The molecule has 30 heavy (non-hydrogen) atoms. The zero-order valence-corrected chi connectivity index (χ0v) is 18.0. The topological polar surface area (TPSA) is 69.7 Å². The largest absolute Gasteiger partial charge is 0.324 e. The number of carbonyl (C=O) groups excluding carboxylic acids is 3. The Morgan fingerprint density at radius 2 is 1.83 bits per heavy atom. The molecule has 6 nitrogen and oxygen atoms in total. The Morgan fingerprint density at radius 3 is 2.60 bits per heavy atom. The molecule has 7 heteroatoms. The molecular weight excluding hydrogens is 446 g/mol. The van der Waals surface area contributed by atoms with Crippen LogP contribution in [-0.4, -0.2) is 35.2 Å². The number of nitrogens with one attached hydrogen (secondary N) is 1. The fourth-order valence-corrected chi connectivity index (χ4v) is 6.48. The van der Waals surface area contributed by atoms with Crippen LogP contribution < -0.4 is 10.2 Å². The van der Waals surface area contributed by atoms with Crippen molar-refractivity contribution >= 4 is 45.0 Å². The maximum atomic E-state index is 13.8. The molecule has 4 heterocycles. The first kappa shape index (κ1) is 18.3. The van der Waals surface area contributed by atoms with Gasteiger partial charge in [-0.1, -0.05) is 33.6 Å². The molecule has 4 unspecified atom stereocenters. The maximum absolute atomic E-state index is 13.8. The summed E-state index contributed by atoms with van der Waals surface area (Å²) in [5, 5.41) is 3.00. The van der Waals surface area contributed by atoms with Crippen molar-refractivity contribution in [2.45, 2.75) is 31.3 Å². The number of amides is 3. The van der Waals surface area contributed by atoms with Crippen LogP contribution in [0.1, 0.15) is 24.0 Å². The molecule has 4 atom stereocenters. The fraction of sp³-hybridized carbons (Fsp3) is 0.348. The van der Waals surface area contributed by atoms with Crippen molar-refractivity contribution in [2.75, 3.05) is 16.8 Å². The fourth-order valence-electron chi connectivity index (χ4n) is 6.12. The van der Waals surface area contributed by atoms with Gasteiger partial charge in [-0.15, -0.1) is 0 Å². The average Bonchev–Trinajstić information content (AvgIpc) is 3.42. The van der Waals surface area contributed by atoms with Gasteiger partial charge in [-0.3, -0.25) is 19.3 Å². The standard InChI is InChI=1S/C23H20BrN3O3/c1-12-4-7-14(8-5-12)27-20(28)18-17-3-2-10-26(17)23(19(18)21(27)29)15-11-13(24)6-9-16(15)25-22(23)30/h4-9,11,17-19H,2-3,10H2,1H3,(H,25,30). The van der Waals surface area contributed by atoms with Crippen LogP contribution in [0, 0.1) is 18.8 Å². The van der Waals surface area contributed by atoms with E-state index < -0.39 is 17.4 Å². The SMILES string of the molecule is Cc1ccc(N2C(=O)C3C4CCCN4C4(C(=O)Nc5ccc(Br)cc54)C3C2=O)cc1. The van der Waals surface area contributed by atoms with Gasteiger partial charge in [0.25, 0.3) is 0 Å². The maximum Gasteiger partial charge on any atom is 0.250 e. The van der Waals surface area contributed by atoms with E-state index in [1.54, 1.807) is 0 Å². The van der Waals surface area contributed by atoms with Gasteiger partial charge >= 0.3 is 0 Å². The molecule has 1 spiro atoms. The number of hydrogen-bond donors (Lipinski definition) is 1. The van der Waals surface area contributed by atoms with E-state index >= 15 is 0 Å². The first-order valence-electron chi connectivity index (χ1n) is 10.3. The Morgan fingerprint density at radius 1 is 1.07 bits per heavy atom. The highest BCUT2D eigenvalue weighted by molar-refractivity contribution is 9.10. The lowest BCUT2D eigenvalue weighted by Gasteiger charge is -2.36. The third kappa shape index (κ3) is 2.04. The molecular formula is C23H20BrN3O3. The summed E-state index contributed by atoms with van der Waals surface area (Å²) in [6.07, 6.45) is 1.73. The number of nitrogens with zero attached hydrogens (tertiary/aromatic N) is 2. The highest BCUT2D eigenvalue weighted by atomic mass is 79.9. The molecule has 0 bridgehead atoms. The lowest BCUT2D eigenvalue weighted by atomic mass is 9.75. The summed E-state index contributed by atoms with van der Waals surface area (Å²) in [5.74, 6) is -1.86. The zero-order chi connectivity index (χ0) is 20.8. The molecule has 0 radical (unpaired) electrons. The number of fused-ring (bicyclic) bond motifs is 7. The highest BCUT2D eigenvalue weighted by Crippen LogP contribution is 2.60. The Balaban J connectivity index is 1.56. The Hall–Kier alpha value is -2.51. The number of rotatable bonds is 1. The minimum Gasteiger partial charge on any atom is -0.324 e. The second-order valence-corrected chi connectivity index (χ2v) is 9.58. The van der Waals surface area contributed by atoms with Crippen LogP contribution in [0.15, 0.2) is 46.9 Å². The predicted molar refractivity (Wildman–Crippen MR) is 115 cm³/mol. The minimum absolute atomic E-state index is 0.0995. The van der Waals surface area contributed by atoms with E-state index in [1.807, 2.05) is 49.4 Å². The van der Waals surface area contributed by atoms with Crippen molar-refractivity contribution in [3.8, 4) is 0 Å². The number of carbonyl (C=O) groups is 3. The number of halogens is 1. The van der Waals surface area contributed by atoms with Crippen molar-refractivity contribution in [3.05, 3.63) is 58.1 Å². The molecule has 4 aliphatic rings. The van der Waals surface area contributed by atoms with Crippen molar-refractivity contribution in [1.82, 2.24) is 4.90 Å². The van der Waals surface area contributed by atoms with Gasteiger partial charge in [0, 0.05) is 21.8 Å². The van der Waals surface area contributed by atoms with Gasteiger partial charge in [-0.05, 0) is 56.6 Å². The minimum atomic E-state index is -1.13. The Kier molecular flexibility index (Phi) is 3.66. The number of aryl methyl sites for hydroxylation is 1. The first-order valence-corrected chi connectivity index (χ1v) is 11.1. The summed E-state index contributed by atoms with van der Waals surface area (Å²) >= 11 is 3.52. The van der Waals surface area contributed by atoms with E-state index in [0.717, 1.165) is 34.1 Å². The normalized spacial score (nSPS) is 32.0. The van der Waals surface area contributed by atoms with Gasteiger partial charge in [0.1, 0.15) is 5.54 Å². The zero-order valence-electron chi connectivity index (χ0n) is 16.4. The van der Waals surface area contributed by atoms with Crippen LogP contribution in [0.4, 0.5) is 11.4 Å². The quantitative estimate of drug-likeness (QED) is 0.656. The van der Waals surface area contributed by atoms with E-state index in [1.165, 1.54) is 4.90 Å². The van der Waals surface area contributed by atoms with E-state index in [0.29, 0.717) is 12.2 Å². The van der Waals surface area contributed by atoms with Crippen LogP contribution in [0.25, 0.3) is 0 Å². The van der Waals surface area contributed by atoms with Gasteiger partial charge in [0.15, 0.2) is 0 Å². The summed E-state index contributed by atoms with van der Waals surface area (Å²) in [6.45, 7) is 2.68. The molecule has 1 N–H and O–H groups in total. The van der Waals surface area contributed by atoms with E-state index in [4.69, 9.17) is 0 Å². The lowest BCUT2D eigenvalue weighted by Crippen LogP contribution is -2.54. The number of anilines is 2. The van der Waals surface area contributed by atoms with Crippen molar-refractivity contribution in [1.29, 1.82) is 0 Å². The second kappa shape index (κ2) is 6.02. The third-order valence-electron chi connectivity index (χ3n) is 7.25. The van der Waals surface area contributed by atoms with E-state index in [-0.39, 0.29) is 23.8 Å². The van der Waals surface area contributed by atoms with Crippen LogP contribution in [0.5, 0.6) is 0 Å². The molecule has 2 aromatic rings. The summed E-state index contributed by atoms with van der Waals surface area (Å²) in [4.78, 5) is 44.4. The molecule has 0 aliphatic carbocycles. The molecule has 2 aromatic carbocycles. The van der Waals surface area contributed by atoms with Gasteiger partial charge in [0.2, 0.25) is 17.7 Å². The summed E-state index contributed by atoms with van der Waals surface area (Å²) in [7, 11) is 0. The van der Waals surface area contributed by atoms with E-state index in [9.17, 15) is 14.4 Å². The summed E-state index contributed by atoms with van der Waals surface area (Å²) in [5.41, 5.74) is 2.04. The average molecular weight is 466 g/mol. The van der Waals surface area contributed by atoms with Crippen LogP contribution in [0.2, 0.25) is 0 Å². The summed E-state index contributed by atoms with van der Waals surface area (Å²) in [6, 6.07) is 13.0. The molecule has 6 rings (SSSR count). The first-order chi connectivity index (χ1) is 14.4. The molecule has 0 aromatic heterocycles.